The fourth-order valence-corrected chi connectivity index (χ4v) is 1.51. The Balaban J connectivity index is 4.58. The minimum absolute atomic E-state index is 0.346. The van der Waals surface area contributed by atoms with E-state index in [1.165, 1.54) is 4.90 Å². The molecular weight excluding hydrogens is 220 g/mol. The zero-order chi connectivity index (χ0) is 13.8. The first kappa shape index (κ1) is 15.7. The number of urea groups is 1. The van der Waals surface area contributed by atoms with E-state index in [1.807, 2.05) is 13.8 Å². The lowest BCUT2D eigenvalue weighted by Crippen LogP contribution is -2.53. The highest BCUT2D eigenvalue weighted by Crippen LogP contribution is 2.19. The Morgan fingerprint density at radius 3 is 2.06 bits per heavy atom. The molecule has 100 valence electrons. The number of nitrogens with one attached hydrogen (secondary N) is 1. The Kier molecular flexibility index (Phi) is 5.45. The van der Waals surface area contributed by atoms with Gasteiger partial charge in [-0.2, -0.15) is 0 Å². The maximum absolute atomic E-state index is 11.8. The first-order valence-corrected chi connectivity index (χ1v) is 5.80. The maximum atomic E-state index is 11.8. The number of rotatable bonds is 4. The van der Waals surface area contributed by atoms with E-state index in [1.54, 1.807) is 27.8 Å². The summed E-state index contributed by atoms with van der Waals surface area (Å²) in [6.45, 7) is 9.96. The number of amides is 2. The normalized spacial score (nSPS) is 13.4. The number of nitrogens with zero attached hydrogens (tertiary/aromatic N) is 1. The molecule has 0 spiro atoms. The standard InChI is InChI=1S/C12H24N2O3/c1-8(2)7-14(6)11(17)13-9(10(15)16)12(3,4)5/h8-9H,7H2,1-6H3,(H,13,17)(H,15,16)/t9-/m1/s1. The van der Waals surface area contributed by atoms with Crippen LogP contribution in [0.3, 0.4) is 0 Å². The summed E-state index contributed by atoms with van der Waals surface area (Å²) in [6.07, 6.45) is 0. The van der Waals surface area contributed by atoms with Crippen molar-refractivity contribution in [1.29, 1.82) is 0 Å². The van der Waals surface area contributed by atoms with Crippen molar-refractivity contribution in [3.8, 4) is 0 Å². The van der Waals surface area contributed by atoms with Gasteiger partial charge in [0.1, 0.15) is 6.04 Å². The van der Waals surface area contributed by atoms with Gasteiger partial charge in [-0.15, -0.1) is 0 Å². The van der Waals surface area contributed by atoms with Crippen molar-refractivity contribution in [3.05, 3.63) is 0 Å². The van der Waals surface area contributed by atoms with Crippen molar-refractivity contribution in [2.24, 2.45) is 11.3 Å². The Morgan fingerprint density at radius 2 is 1.76 bits per heavy atom. The van der Waals surface area contributed by atoms with Crippen LogP contribution in [0, 0.1) is 11.3 Å². The first-order valence-electron chi connectivity index (χ1n) is 5.80. The molecule has 0 aromatic rings. The van der Waals surface area contributed by atoms with Crippen LogP contribution >= 0.6 is 0 Å². The molecule has 0 radical (unpaired) electrons. The molecular formula is C12H24N2O3. The fraction of sp³-hybridized carbons (Fsp3) is 0.833. The average molecular weight is 244 g/mol. The van der Waals surface area contributed by atoms with Crippen LogP contribution in [0.5, 0.6) is 0 Å². The molecule has 0 heterocycles. The summed E-state index contributed by atoms with van der Waals surface area (Å²) in [5.41, 5.74) is -0.514. The predicted octanol–water partition coefficient (Wildman–Crippen LogP) is 1.78. The van der Waals surface area contributed by atoms with Crippen molar-refractivity contribution in [1.82, 2.24) is 10.2 Å². The molecule has 0 fully saturated rings. The average Bonchev–Trinajstić information content (AvgIpc) is 2.09. The second kappa shape index (κ2) is 5.89. The van der Waals surface area contributed by atoms with E-state index >= 15 is 0 Å². The van der Waals surface area contributed by atoms with Crippen LogP contribution in [0.2, 0.25) is 0 Å². The molecule has 2 N–H and O–H groups in total. The van der Waals surface area contributed by atoms with Crippen LogP contribution in [0.1, 0.15) is 34.6 Å². The number of aliphatic carboxylic acids is 1. The smallest absolute Gasteiger partial charge is 0.326 e. The lowest BCUT2D eigenvalue weighted by Gasteiger charge is -2.30. The molecule has 0 aliphatic heterocycles. The summed E-state index contributed by atoms with van der Waals surface area (Å²) >= 11 is 0. The maximum Gasteiger partial charge on any atom is 0.326 e. The summed E-state index contributed by atoms with van der Waals surface area (Å²) in [5.74, 6) is -0.660. The molecule has 0 unspecified atom stereocenters. The van der Waals surface area contributed by atoms with Crippen LogP contribution in [0.25, 0.3) is 0 Å². The second-order valence-electron chi connectivity index (χ2n) is 5.86. The molecule has 0 aromatic carbocycles. The van der Waals surface area contributed by atoms with Gasteiger partial charge < -0.3 is 15.3 Å². The molecule has 17 heavy (non-hydrogen) atoms. The van der Waals surface area contributed by atoms with E-state index in [4.69, 9.17) is 5.11 Å². The van der Waals surface area contributed by atoms with Gasteiger partial charge in [0.2, 0.25) is 0 Å². The fourth-order valence-electron chi connectivity index (χ4n) is 1.51. The molecule has 0 aromatic heterocycles. The minimum atomic E-state index is -1.01. The van der Waals surface area contributed by atoms with Gasteiger partial charge in [0.05, 0.1) is 0 Å². The van der Waals surface area contributed by atoms with E-state index in [0.29, 0.717) is 12.5 Å². The number of carboxylic acid groups (broad SMARTS) is 1. The van der Waals surface area contributed by atoms with E-state index in [9.17, 15) is 9.59 Å². The highest BCUT2D eigenvalue weighted by Gasteiger charge is 2.33. The summed E-state index contributed by atoms with van der Waals surface area (Å²) in [4.78, 5) is 24.4. The Labute approximate surface area is 103 Å². The third kappa shape index (κ3) is 5.56. The van der Waals surface area contributed by atoms with Gasteiger partial charge in [-0.1, -0.05) is 34.6 Å². The second-order valence-corrected chi connectivity index (χ2v) is 5.86. The minimum Gasteiger partial charge on any atom is -0.480 e. The van der Waals surface area contributed by atoms with Crippen molar-refractivity contribution < 1.29 is 14.7 Å². The van der Waals surface area contributed by atoms with E-state index in [0.717, 1.165) is 0 Å². The summed E-state index contributed by atoms with van der Waals surface area (Å²) < 4.78 is 0. The summed E-state index contributed by atoms with van der Waals surface area (Å²) in [5, 5.41) is 11.6. The highest BCUT2D eigenvalue weighted by atomic mass is 16.4. The van der Waals surface area contributed by atoms with E-state index in [2.05, 4.69) is 5.32 Å². The van der Waals surface area contributed by atoms with Crippen LogP contribution in [0.4, 0.5) is 4.79 Å². The van der Waals surface area contributed by atoms with Gasteiger partial charge >= 0.3 is 12.0 Å². The Hall–Kier alpha value is -1.26. The van der Waals surface area contributed by atoms with Gasteiger partial charge in [0, 0.05) is 13.6 Å². The molecule has 1 atom stereocenters. The largest absolute Gasteiger partial charge is 0.480 e. The summed E-state index contributed by atoms with van der Waals surface area (Å²) in [6, 6.07) is -1.23. The number of carbonyl (C=O) groups excluding carboxylic acids is 1. The Morgan fingerprint density at radius 1 is 1.29 bits per heavy atom. The van der Waals surface area contributed by atoms with Gasteiger partial charge in [-0.25, -0.2) is 9.59 Å². The molecule has 0 saturated carbocycles. The van der Waals surface area contributed by atoms with Crippen LogP contribution in [-0.4, -0.2) is 41.6 Å². The van der Waals surface area contributed by atoms with Gasteiger partial charge in [0.15, 0.2) is 0 Å². The molecule has 2 amide bonds. The number of hydrogen-bond acceptors (Lipinski definition) is 2. The number of carbonyl (C=O) groups is 2. The number of hydrogen-bond donors (Lipinski definition) is 2. The van der Waals surface area contributed by atoms with Gasteiger partial charge in [0.25, 0.3) is 0 Å². The van der Waals surface area contributed by atoms with Crippen LogP contribution < -0.4 is 5.32 Å². The molecule has 0 saturated heterocycles. The van der Waals surface area contributed by atoms with Gasteiger partial charge in [-0.3, -0.25) is 0 Å². The van der Waals surface area contributed by atoms with E-state index in [-0.39, 0.29) is 6.03 Å². The Bertz CT molecular complexity index is 282. The van der Waals surface area contributed by atoms with Crippen LogP contribution in [0.15, 0.2) is 0 Å². The van der Waals surface area contributed by atoms with Crippen LogP contribution in [-0.2, 0) is 4.79 Å². The van der Waals surface area contributed by atoms with Gasteiger partial charge in [-0.05, 0) is 11.3 Å². The SMILES string of the molecule is CC(C)CN(C)C(=O)N[C@H](C(=O)O)C(C)(C)C. The van der Waals surface area contributed by atoms with Crippen molar-refractivity contribution in [3.63, 3.8) is 0 Å². The quantitative estimate of drug-likeness (QED) is 0.792. The lowest BCUT2D eigenvalue weighted by molar-refractivity contribution is -0.142. The summed E-state index contributed by atoms with van der Waals surface area (Å²) in [7, 11) is 1.66. The third-order valence-corrected chi connectivity index (χ3v) is 2.37. The zero-order valence-corrected chi connectivity index (χ0v) is 11.6. The molecule has 0 rings (SSSR count). The molecule has 5 heteroatoms. The van der Waals surface area contributed by atoms with Crippen molar-refractivity contribution >= 4 is 12.0 Å². The van der Waals surface area contributed by atoms with Crippen molar-refractivity contribution in [2.45, 2.75) is 40.7 Å². The molecule has 5 nitrogen and oxygen atoms in total. The molecule has 0 aliphatic carbocycles. The third-order valence-electron chi connectivity index (χ3n) is 2.37. The predicted molar refractivity (Wildman–Crippen MR) is 66.9 cm³/mol. The first-order chi connectivity index (χ1) is 7.55. The monoisotopic (exact) mass is 244 g/mol. The highest BCUT2D eigenvalue weighted by molar-refractivity contribution is 5.83. The van der Waals surface area contributed by atoms with Crippen molar-refractivity contribution in [2.75, 3.05) is 13.6 Å². The topological polar surface area (TPSA) is 69.6 Å². The molecule has 0 aliphatic rings. The molecule has 0 bridgehead atoms. The zero-order valence-electron chi connectivity index (χ0n) is 11.6. The number of carboxylic acids is 1. The lowest BCUT2D eigenvalue weighted by atomic mass is 9.87. The van der Waals surface area contributed by atoms with E-state index < -0.39 is 17.4 Å².